The van der Waals surface area contributed by atoms with E-state index in [1.807, 2.05) is 16.7 Å². The van der Waals surface area contributed by atoms with E-state index in [1.165, 1.54) is 12.1 Å². The van der Waals surface area contributed by atoms with Crippen LogP contribution >= 0.6 is 0 Å². The Kier molecular flexibility index (Phi) is 3.38. The number of benzene rings is 2. The number of rotatable bonds is 3. The average molecular weight is 281 g/mol. The van der Waals surface area contributed by atoms with Crippen molar-refractivity contribution in [2.45, 2.75) is 13.2 Å². The first kappa shape index (κ1) is 13.3. The van der Waals surface area contributed by atoms with Crippen molar-refractivity contribution >= 4 is 11.0 Å². The molecular weight excluding hydrogens is 269 g/mol. The van der Waals surface area contributed by atoms with Crippen LogP contribution in [0.15, 0.2) is 42.5 Å². The van der Waals surface area contributed by atoms with Gasteiger partial charge < -0.3 is 9.67 Å². The van der Waals surface area contributed by atoms with Crippen LogP contribution in [0.1, 0.15) is 17.0 Å². The number of aliphatic hydroxyl groups is 1. The first-order valence-corrected chi connectivity index (χ1v) is 6.46. The Balaban J connectivity index is 2.08. The zero-order valence-corrected chi connectivity index (χ0v) is 11.1. The van der Waals surface area contributed by atoms with Crippen LogP contribution < -0.4 is 0 Å². The van der Waals surface area contributed by atoms with Gasteiger partial charge in [0, 0.05) is 12.6 Å². The molecule has 4 nitrogen and oxygen atoms in total. The lowest BCUT2D eigenvalue weighted by molar-refractivity contribution is 0.267. The molecule has 3 aromatic rings. The smallest absolute Gasteiger partial charge is 0.136 e. The number of nitrogens with zero attached hydrogens (tertiary/aromatic N) is 3. The normalized spacial score (nSPS) is 10.7. The molecule has 3 rings (SSSR count). The third kappa shape index (κ3) is 2.49. The molecule has 0 aliphatic rings. The van der Waals surface area contributed by atoms with E-state index < -0.39 is 0 Å². The number of fused-ring (bicyclic) bond motifs is 1. The first-order chi connectivity index (χ1) is 10.2. The number of nitriles is 1. The third-order valence-corrected chi connectivity index (χ3v) is 3.33. The van der Waals surface area contributed by atoms with Crippen molar-refractivity contribution < 1.29 is 9.50 Å². The molecule has 0 atom stereocenters. The van der Waals surface area contributed by atoms with Crippen molar-refractivity contribution in [3.63, 3.8) is 0 Å². The Morgan fingerprint density at radius 2 is 2.10 bits per heavy atom. The molecule has 0 aliphatic heterocycles. The molecule has 5 heteroatoms. The van der Waals surface area contributed by atoms with Gasteiger partial charge in [-0.15, -0.1) is 0 Å². The second-order valence-corrected chi connectivity index (χ2v) is 4.72. The molecule has 0 radical (unpaired) electrons. The SMILES string of the molecule is N#Cc1cccc(Cn2c(CO)nc3cc(F)ccc32)c1. The summed E-state index contributed by atoms with van der Waals surface area (Å²) in [5, 5.41) is 18.4. The Morgan fingerprint density at radius 3 is 2.86 bits per heavy atom. The van der Waals surface area contributed by atoms with E-state index in [4.69, 9.17) is 5.26 Å². The van der Waals surface area contributed by atoms with Crippen molar-refractivity contribution in [3.05, 3.63) is 65.2 Å². The minimum Gasteiger partial charge on any atom is -0.388 e. The molecule has 0 amide bonds. The van der Waals surface area contributed by atoms with Gasteiger partial charge >= 0.3 is 0 Å². The highest BCUT2D eigenvalue weighted by Gasteiger charge is 2.11. The third-order valence-electron chi connectivity index (χ3n) is 3.33. The Bertz CT molecular complexity index is 848. The maximum absolute atomic E-state index is 13.3. The fraction of sp³-hybridized carbons (Fsp3) is 0.125. The highest BCUT2D eigenvalue weighted by Crippen LogP contribution is 2.19. The lowest BCUT2D eigenvalue weighted by atomic mass is 10.1. The highest BCUT2D eigenvalue weighted by molar-refractivity contribution is 5.76. The van der Waals surface area contributed by atoms with Gasteiger partial charge in [-0.05, 0) is 29.8 Å². The molecule has 0 saturated heterocycles. The monoisotopic (exact) mass is 281 g/mol. The van der Waals surface area contributed by atoms with Crippen molar-refractivity contribution in [2.24, 2.45) is 0 Å². The van der Waals surface area contributed by atoms with Crippen LogP contribution in [0.2, 0.25) is 0 Å². The van der Waals surface area contributed by atoms with E-state index in [9.17, 15) is 9.50 Å². The van der Waals surface area contributed by atoms with Gasteiger partial charge in [-0.25, -0.2) is 9.37 Å². The fourth-order valence-corrected chi connectivity index (χ4v) is 2.37. The summed E-state index contributed by atoms with van der Waals surface area (Å²) in [5.74, 6) is 0.112. The number of hydrogen-bond donors (Lipinski definition) is 1. The van der Waals surface area contributed by atoms with Gasteiger partial charge in [-0.3, -0.25) is 0 Å². The van der Waals surface area contributed by atoms with Crippen LogP contribution in [0.5, 0.6) is 0 Å². The maximum Gasteiger partial charge on any atom is 0.136 e. The van der Waals surface area contributed by atoms with E-state index in [1.54, 1.807) is 18.2 Å². The molecule has 1 aromatic heterocycles. The van der Waals surface area contributed by atoms with Crippen LogP contribution in [-0.4, -0.2) is 14.7 Å². The number of hydrogen-bond acceptors (Lipinski definition) is 3. The van der Waals surface area contributed by atoms with Crippen LogP contribution in [0, 0.1) is 17.1 Å². The van der Waals surface area contributed by atoms with Gasteiger partial charge in [0.15, 0.2) is 0 Å². The molecule has 0 aliphatic carbocycles. The molecule has 2 aromatic carbocycles. The molecular formula is C16H12FN3O. The van der Waals surface area contributed by atoms with Crippen molar-refractivity contribution in [3.8, 4) is 6.07 Å². The standard InChI is InChI=1S/C16H12FN3O/c17-13-4-5-15-14(7-13)19-16(10-21)20(15)9-12-3-1-2-11(6-12)8-18/h1-7,21H,9-10H2. The molecule has 104 valence electrons. The first-order valence-electron chi connectivity index (χ1n) is 6.46. The van der Waals surface area contributed by atoms with Crippen LogP contribution in [0.25, 0.3) is 11.0 Å². The second-order valence-electron chi connectivity index (χ2n) is 4.72. The molecule has 21 heavy (non-hydrogen) atoms. The number of imidazole rings is 1. The zero-order chi connectivity index (χ0) is 14.8. The quantitative estimate of drug-likeness (QED) is 0.802. The van der Waals surface area contributed by atoms with E-state index >= 15 is 0 Å². The summed E-state index contributed by atoms with van der Waals surface area (Å²) in [5.41, 5.74) is 2.76. The Labute approximate surface area is 120 Å². The van der Waals surface area contributed by atoms with Crippen molar-refractivity contribution in [1.29, 1.82) is 5.26 Å². The van der Waals surface area contributed by atoms with Crippen molar-refractivity contribution in [1.82, 2.24) is 9.55 Å². The number of aliphatic hydroxyl groups excluding tert-OH is 1. The summed E-state index contributed by atoms with van der Waals surface area (Å²) in [6.45, 7) is 0.238. The molecule has 1 N–H and O–H groups in total. The predicted molar refractivity (Wildman–Crippen MR) is 75.9 cm³/mol. The summed E-state index contributed by atoms with van der Waals surface area (Å²) in [6, 6.07) is 13.7. The molecule has 0 fully saturated rings. The molecule has 0 saturated carbocycles. The van der Waals surface area contributed by atoms with E-state index in [-0.39, 0.29) is 12.4 Å². The number of aromatic nitrogens is 2. The molecule has 0 spiro atoms. The predicted octanol–water partition coefficient (Wildman–Crippen LogP) is 2.59. The van der Waals surface area contributed by atoms with E-state index in [2.05, 4.69) is 11.1 Å². The van der Waals surface area contributed by atoms with Gasteiger partial charge in [0.1, 0.15) is 18.2 Å². The Hall–Kier alpha value is -2.71. The lowest BCUT2D eigenvalue weighted by Crippen LogP contribution is -2.05. The van der Waals surface area contributed by atoms with Crippen LogP contribution in [0.3, 0.4) is 0 Å². The fourth-order valence-electron chi connectivity index (χ4n) is 2.37. The minimum absolute atomic E-state index is 0.228. The number of halogens is 1. The van der Waals surface area contributed by atoms with Gasteiger partial charge in [0.05, 0.1) is 22.7 Å². The summed E-state index contributed by atoms with van der Waals surface area (Å²) in [4.78, 5) is 4.24. The molecule has 1 heterocycles. The average Bonchev–Trinajstić information content (AvgIpc) is 2.84. The van der Waals surface area contributed by atoms with E-state index in [0.29, 0.717) is 23.4 Å². The topological polar surface area (TPSA) is 61.8 Å². The summed E-state index contributed by atoms with van der Waals surface area (Å²) >= 11 is 0. The summed E-state index contributed by atoms with van der Waals surface area (Å²) in [6.07, 6.45) is 0. The molecule has 0 bridgehead atoms. The Morgan fingerprint density at radius 1 is 1.24 bits per heavy atom. The van der Waals surface area contributed by atoms with Gasteiger partial charge in [0.25, 0.3) is 0 Å². The minimum atomic E-state index is -0.358. The lowest BCUT2D eigenvalue weighted by Gasteiger charge is -2.08. The highest BCUT2D eigenvalue weighted by atomic mass is 19.1. The van der Waals surface area contributed by atoms with Crippen molar-refractivity contribution in [2.75, 3.05) is 0 Å². The summed E-state index contributed by atoms with van der Waals surface area (Å²) in [7, 11) is 0. The van der Waals surface area contributed by atoms with Gasteiger partial charge in [-0.2, -0.15) is 5.26 Å². The van der Waals surface area contributed by atoms with Gasteiger partial charge in [-0.1, -0.05) is 12.1 Å². The van der Waals surface area contributed by atoms with Gasteiger partial charge in [0.2, 0.25) is 0 Å². The largest absolute Gasteiger partial charge is 0.388 e. The zero-order valence-electron chi connectivity index (χ0n) is 11.1. The van der Waals surface area contributed by atoms with Crippen LogP contribution in [-0.2, 0) is 13.2 Å². The van der Waals surface area contributed by atoms with E-state index in [0.717, 1.165) is 11.1 Å². The maximum atomic E-state index is 13.3. The molecule has 0 unspecified atom stereocenters. The summed E-state index contributed by atoms with van der Waals surface area (Å²) < 4.78 is 15.1. The van der Waals surface area contributed by atoms with Crippen LogP contribution in [0.4, 0.5) is 4.39 Å². The second kappa shape index (κ2) is 5.35.